The van der Waals surface area contributed by atoms with Crippen molar-refractivity contribution < 1.29 is 24.5 Å². The average molecular weight is 288 g/mol. The zero-order valence-electron chi connectivity index (χ0n) is 12.1. The van der Waals surface area contributed by atoms with E-state index in [4.69, 9.17) is 4.74 Å². The van der Waals surface area contributed by atoms with E-state index in [1.165, 1.54) is 6.07 Å². The monoisotopic (exact) mass is 288 g/mol. The Morgan fingerprint density at radius 1 is 1.19 bits per heavy atom. The Hall–Kier alpha value is -2.30. The second-order valence-electron chi connectivity index (χ2n) is 6.16. The first-order valence-corrected chi connectivity index (χ1v) is 6.80. The lowest BCUT2D eigenvalue weighted by atomic mass is 9.77. The van der Waals surface area contributed by atoms with Gasteiger partial charge in [0.15, 0.2) is 11.5 Å². The van der Waals surface area contributed by atoms with E-state index in [9.17, 15) is 19.8 Å². The number of carbonyl (C=O) groups excluding carboxylic acids is 2. The van der Waals surface area contributed by atoms with Crippen molar-refractivity contribution >= 4 is 11.6 Å². The number of aromatic hydroxyl groups is 2. The van der Waals surface area contributed by atoms with Gasteiger partial charge < -0.3 is 14.9 Å². The van der Waals surface area contributed by atoms with Crippen LogP contribution < -0.4 is 0 Å². The Labute approximate surface area is 121 Å². The molecular weight excluding hydrogens is 272 g/mol. The molecule has 0 amide bonds. The van der Waals surface area contributed by atoms with Crippen LogP contribution >= 0.6 is 0 Å². The summed E-state index contributed by atoms with van der Waals surface area (Å²) in [6.45, 7) is 5.69. The normalized spacial score (nSPS) is 23.5. The molecule has 2 N–H and O–H groups in total. The predicted molar refractivity (Wildman–Crippen MR) is 74.4 cm³/mol. The van der Waals surface area contributed by atoms with Gasteiger partial charge >= 0.3 is 0 Å². The average Bonchev–Trinajstić information content (AvgIpc) is 2.37. The molecule has 1 aromatic carbocycles. The van der Waals surface area contributed by atoms with Crippen LogP contribution in [0.4, 0.5) is 0 Å². The molecule has 110 valence electrons. The topological polar surface area (TPSA) is 83.8 Å². The molecule has 3 rings (SSSR count). The SMILES string of the molecule is C[C@@H]1CC2=C(OC1(C)C)C(=O)c1cc(O)cc(O)c1C2=O. The summed E-state index contributed by atoms with van der Waals surface area (Å²) >= 11 is 0. The van der Waals surface area contributed by atoms with Gasteiger partial charge in [0.25, 0.3) is 0 Å². The van der Waals surface area contributed by atoms with Crippen LogP contribution in [0.1, 0.15) is 47.9 Å². The summed E-state index contributed by atoms with van der Waals surface area (Å²) in [5.41, 5.74) is -0.306. The number of phenols is 2. The summed E-state index contributed by atoms with van der Waals surface area (Å²) in [6, 6.07) is 2.25. The van der Waals surface area contributed by atoms with Gasteiger partial charge in [0.2, 0.25) is 5.78 Å². The number of Topliss-reactive ketones (excluding diaryl/α,β-unsaturated/α-hetero) is 2. The van der Waals surface area contributed by atoms with Gasteiger partial charge in [-0.2, -0.15) is 0 Å². The van der Waals surface area contributed by atoms with Crippen LogP contribution in [0.2, 0.25) is 0 Å². The molecule has 5 nitrogen and oxygen atoms in total. The van der Waals surface area contributed by atoms with Crippen molar-refractivity contribution in [1.82, 2.24) is 0 Å². The molecule has 0 radical (unpaired) electrons. The van der Waals surface area contributed by atoms with Gasteiger partial charge in [0.05, 0.1) is 5.56 Å². The molecule has 0 saturated carbocycles. The van der Waals surface area contributed by atoms with E-state index < -0.39 is 17.2 Å². The van der Waals surface area contributed by atoms with Crippen LogP contribution in [0.25, 0.3) is 0 Å². The van der Waals surface area contributed by atoms with E-state index in [1.807, 2.05) is 20.8 Å². The Morgan fingerprint density at radius 3 is 2.52 bits per heavy atom. The number of rotatable bonds is 0. The van der Waals surface area contributed by atoms with Crippen LogP contribution in [-0.4, -0.2) is 27.4 Å². The van der Waals surface area contributed by atoms with Crippen molar-refractivity contribution in [2.75, 3.05) is 0 Å². The van der Waals surface area contributed by atoms with Crippen LogP contribution in [-0.2, 0) is 4.74 Å². The minimum Gasteiger partial charge on any atom is -0.508 e. The molecule has 1 aliphatic carbocycles. The summed E-state index contributed by atoms with van der Waals surface area (Å²) < 4.78 is 5.76. The van der Waals surface area contributed by atoms with Crippen molar-refractivity contribution in [2.24, 2.45) is 5.92 Å². The number of fused-ring (bicyclic) bond motifs is 1. The lowest BCUT2D eigenvalue weighted by molar-refractivity contribution is -0.0254. The summed E-state index contributed by atoms with van der Waals surface area (Å²) in [4.78, 5) is 25.1. The summed E-state index contributed by atoms with van der Waals surface area (Å²) in [7, 11) is 0. The molecule has 0 bridgehead atoms. The Kier molecular flexibility index (Phi) is 2.67. The Bertz CT molecular complexity index is 712. The van der Waals surface area contributed by atoms with Gasteiger partial charge in [0.1, 0.15) is 17.1 Å². The number of hydrogen-bond donors (Lipinski definition) is 2. The summed E-state index contributed by atoms with van der Waals surface area (Å²) in [5, 5.41) is 19.4. The van der Waals surface area contributed by atoms with Gasteiger partial charge in [0, 0.05) is 17.2 Å². The van der Waals surface area contributed by atoms with E-state index in [1.54, 1.807) is 0 Å². The van der Waals surface area contributed by atoms with Crippen molar-refractivity contribution in [3.63, 3.8) is 0 Å². The van der Waals surface area contributed by atoms with Crippen molar-refractivity contribution in [3.05, 3.63) is 34.6 Å². The number of ether oxygens (including phenoxy) is 1. The maximum atomic E-state index is 12.6. The van der Waals surface area contributed by atoms with Gasteiger partial charge in [-0.25, -0.2) is 0 Å². The standard InChI is InChI=1S/C16H16O5/c1-7-4-10-13(19)12-9(5-8(17)6-11(12)18)14(20)15(10)21-16(7,2)3/h5-7,17-18H,4H2,1-3H3/t7-/m1/s1. The summed E-state index contributed by atoms with van der Waals surface area (Å²) in [6.07, 6.45) is 0.423. The quantitative estimate of drug-likeness (QED) is 0.766. The first-order valence-electron chi connectivity index (χ1n) is 6.80. The minimum absolute atomic E-state index is 0.0124. The zero-order valence-corrected chi connectivity index (χ0v) is 12.1. The molecule has 21 heavy (non-hydrogen) atoms. The molecule has 0 spiro atoms. The van der Waals surface area contributed by atoms with Gasteiger partial charge in [-0.1, -0.05) is 6.92 Å². The molecule has 1 heterocycles. The van der Waals surface area contributed by atoms with E-state index in [0.717, 1.165) is 6.07 Å². The van der Waals surface area contributed by atoms with Crippen molar-refractivity contribution in [3.8, 4) is 11.5 Å². The fraction of sp³-hybridized carbons (Fsp3) is 0.375. The molecule has 2 aliphatic rings. The third-order valence-corrected chi connectivity index (χ3v) is 4.39. The van der Waals surface area contributed by atoms with Crippen molar-refractivity contribution in [1.29, 1.82) is 0 Å². The number of carbonyl (C=O) groups is 2. The molecule has 5 heteroatoms. The molecular formula is C16H16O5. The second kappa shape index (κ2) is 4.10. The smallest absolute Gasteiger partial charge is 0.229 e. The Balaban J connectivity index is 2.21. The maximum absolute atomic E-state index is 12.6. The molecule has 0 aromatic heterocycles. The second-order valence-corrected chi connectivity index (χ2v) is 6.16. The fourth-order valence-corrected chi connectivity index (χ4v) is 2.75. The maximum Gasteiger partial charge on any atom is 0.229 e. The van der Waals surface area contributed by atoms with Crippen LogP contribution in [0.15, 0.2) is 23.5 Å². The highest BCUT2D eigenvalue weighted by atomic mass is 16.5. The Morgan fingerprint density at radius 2 is 1.86 bits per heavy atom. The highest BCUT2D eigenvalue weighted by molar-refractivity contribution is 6.27. The number of phenolic OH excluding ortho intramolecular Hbond substituents is 2. The fourth-order valence-electron chi connectivity index (χ4n) is 2.75. The number of hydrogen-bond acceptors (Lipinski definition) is 5. The molecule has 0 unspecified atom stereocenters. The van der Waals surface area contributed by atoms with E-state index in [-0.39, 0.29) is 34.3 Å². The lowest BCUT2D eigenvalue weighted by Crippen LogP contribution is -2.41. The van der Waals surface area contributed by atoms with Gasteiger partial charge in [-0.15, -0.1) is 0 Å². The van der Waals surface area contributed by atoms with E-state index in [0.29, 0.717) is 12.0 Å². The first-order chi connectivity index (χ1) is 9.72. The minimum atomic E-state index is -0.550. The van der Waals surface area contributed by atoms with Crippen molar-refractivity contribution in [2.45, 2.75) is 32.8 Å². The van der Waals surface area contributed by atoms with Crippen LogP contribution in [0, 0.1) is 5.92 Å². The van der Waals surface area contributed by atoms with Gasteiger partial charge in [-0.05, 0) is 32.3 Å². The largest absolute Gasteiger partial charge is 0.508 e. The first kappa shape index (κ1) is 13.7. The molecule has 0 saturated heterocycles. The molecule has 1 atom stereocenters. The van der Waals surface area contributed by atoms with E-state index in [2.05, 4.69) is 0 Å². The van der Waals surface area contributed by atoms with Gasteiger partial charge in [-0.3, -0.25) is 9.59 Å². The molecule has 1 aliphatic heterocycles. The number of ketones is 2. The third kappa shape index (κ3) is 1.84. The summed E-state index contributed by atoms with van der Waals surface area (Å²) in [5.74, 6) is -1.41. The zero-order chi connectivity index (χ0) is 15.5. The number of benzene rings is 1. The molecule has 1 aromatic rings. The van der Waals surface area contributed by atoms with Crippen LogP contribution in [0.5, 0.6) is 11.5 Å². The third-order valence-electron chi connectivity index (χ3n) is 4.39. The van der Waals surface area contributed by atoms with E-state index >= 15 is 0 Å². The van der Waals surface area contributed by atoms with Crippen LogP contribution in [0.3, 0.4) is 0 Å². The predicted octanol–water partition coefficient (Wildman–Crippen LogP) is 2.57. The highest BCUT2D eigenvalue weighted by Crippen LogP contribution is 2.43. The molecule has 0 fully saturated rings. The lowest BCUT2D eigenvalue weighted by Gasteiger charge is -2.40. The highest BCUT2D eigenvalue weighted by Gasteiger charge is 2.44. The number of allylic oxidation sites excluding steroid dienone is 2.